The summed E-state index contributed by atoms with van der Waals surface area (Å²) in [4.78, 5) is 72.3. The Bertz CT molecular complexity index is 1980. The highest BCUT2D eigenvalue weighted by Gasteiger charge is 2.71. The Morgan fingerprint density at radius 3 is 2.12 bits per heavy atom. The van der Waals surface area contributed by atoms with E-state index in [1.54, 1.807) is 20.8 Å². The number of allylic oxidation sites excluding steroid dienone is 1. The predicted molar refractivity (Wildman–Crippen MR) is 224 cm³/mol. The first kappa shape index (κ1) is 43.0. The van der Waals surface area contributed by atoms with E-state index < -0.39 is 34.3 Å². The number of esters is 1. The van der Waals surface area contributed by atoms with Crippen LogP contribution in [0.2, 0.25) is 0 Å². The third kappa shape index (κ3) is 6.10. The van der Waals surface area contributed by atoms with E-state index in [4.69, 9.17) is 4.74 Å². The van der Waals surface area contributed by atoms with Crippen LogP contribution in [0.4, 0.5) is 0 Å². The highest BCUT2D eigenvalue weighted by Crippen LogP contribution is 2.76. The molecule has 5 fully saturated rings. The van der Waals surface area contributed by atoms with Gasteiger partial charge >= 0.3 is 11.9 Å². The second kappa shape index (κ2) is 13.7. The molecule has 10 atom stereocenters. The molecule has 3 N–H and O–H groups in total. The third-order valence-corrected chi connectivity index (χ3v) is 19.0. The number of carboxylic acids is 1. The molecule has 320 valence electrons. The van der Waals surface area contributed by atoms with Crippen molar-refractivity contribution >= 4 is 40.9 Å². The number of Topliss-reactive ketones (excluding diaryl/α,β-unsaturated/α-hetero) is 1. The molecule has 0 spiro atoms. The number of carboxylic acid groups (broad SMARTS) is 1. The number of rotatable bonds is 8. The van der Waals surface area contributed by atoms with Crippen LogP contribution in [0.5, 0.6) is 0 Å². The van der Waals surface area contributed by atoms with Crippen molar-refractivity contribution in [2.24, 2.45) is 62.6 Å². The maximum Gasteiger partial charge on any atom is 0.309 e. The standard InChI is InChI=1S/C47H69N3O7S/c1-24(2)34-30(51)23-47(50-40(56)43(9,10)49-37(52)36-25(3)48-26(4)58-36)21-20-45(12)27(35(34)47)14-15-32-44(11)18-17-33(42(7,8)31(44)16-19-46(32,45)13)57-39(55)29-22-28(38(53)54)41(29,5)6/h24,27-29,31-33H,14-23H2,1-13H3,(H,49,52)(H,50,56)(H,53,54)/t27-,28+,29-,31+,32-,33+,44+,45-,46-,47-/m1/s1. The van der Waals surface area contributed by atoms with Gasteiger partial charge in [0, 0.05) is 11.8 Å². The minimum absolute atomic E-state index is 0.0164. The van der Waals surface area contributed by atoms with Gasteiger partial charge in [-0.1, -0.05) is 62.3 Å². The summed E-state index contributed by atoms with van der Waals surface area (Å²) in [6.07, 6.45) is 7.71. The van der Waals surface area contributed by atoms with Crippen LogP contribution >= 0.6 is 11.3 Å². The van der Waals surface area contributed by atoms with Gasteiger partial charge in [-0.05, 0) is 142 Å². The van der Waals surface area contributed by atoms with Crippen molar-refractivity contribution in [3.63, 3.8) is 0 Å². The maximum atomic E-state index is 14.4. The summed E-state index contributed by atoms with van der Waals surface area (Å²) >= 11 is 1.32. The first-order valence-electron chi connectivity index (χ1n) is 22.0. The smallest absolute Gasteiger partial charge is 0.309 e. The highest BCUT2D eigenvalue weighted by atomic mass is 32.1. The Balaban J connectivity index is 1.14. The van der Waals surface area contributed by atoms with Crippen LogP contribution in [0.15, 0.2) is 11.1 Å². The molecule has 0 aliphatic heterocycles. The van der Waals surface area contributed by atoms with Gasteiger partial charge in [0.1, 0.15) is 16.5 Å². The number of hydrogen-bond acceptors (Lipinski definition) is 8. The van der Waals surface area contributed by atoms with Crippen molar-refractivity contribution in [2.45, 2.75) is 171 Å². The molecule has 5 saturated carbocycles. The average molecular weight is 820 g/mol. The van der Waals surface area contributed by atoms with Crippen LogP contribution in [0.1, 0.15) is 161 Å². The van der Waals surface area contributed by atoms with Crippen molar-refractivity contribution < 1.29 is 33.8 Å². The average Bonchev–Trinajstić information content (AvgIpc) is 3.59. The van der Waals surface area contributed by atoms with E-state index >= 15 is 0 Å². The van der Waals surface area contributed by atoms with Gasteiger partial charge in [-0.25, -0.2) is 4.98 Å². The molecule has 11 heteroatoms. The molecule has 0 aromatic carbocycles. The number of hydrogen-bond donors (Lipinski definition) is 3. The van der Waals surface area contributed by atoms with Gasteiger partial charge in [-0.3, -0.25) is 24.0 Å². The number of carbonyl (C=O) groups is 5. The first-order chi connectivity index (χ1) is 26.7. The number of fused-ring (bicyclic) bond motifs is 7. The number of aromatic nitrogens is 1. The molecule has 7 rings (SSSR count). The van der Waals surface area contributed by atoms with Crippen molar-refractivity contribution in [3.8, 4) is 0 Å². The topological polar surface area (TPSA) is 152 Å². The summed E-state index contributed by atoms with van der Waals surface area (Å²) in [6.45, 7) is 27.2. The third-order valence-electron chi connectivity index (χ3n) is 17.9. The number of aliphatic carboxylic acids is 1. The van der Waals surface area contributed by atoms with E-state index in [-0.39, 0.29) is 69.6 Å². The molecule has 0 bridgehead atoms. The molecule has 10 nitrogen and oxygen atoms in total. The van der Waals surface area contributed by atoms with Crippen LogP contribution in [-0.2, 0) is 23.9 Å². The minimum Gasteiger partial charge on any atom is -0.481 e. The fourth-order valence-electron chi connectivity index (χ4n) is 14.4. The van der Waals surface area contributed by atoms with Crippen molar-refractivity contribution in [2.75, 3.05) is 0 Å². The predicted octanol–water partition coefficient (Wildman–Crippen LogP) is 8.78. The molecule has 0 saturated heterocycles. The van der Waals surface area contributed by atoms with E-state index in [9.17, 15) is 29.1 Å². The van der Waals surface area contributed by atoms with E-state index in [2.05, 4.69) is 64.1 Å². The number of ketones is 1. The molecule has 1 heterocycles. The zero-order valence-corrected chi connectivity index (χ0v) is 38.2. The largest absolute Gasteiger partial charge is 0.481 e. The minimum atomic E-state index is -1.22. The monoisotopic (exact) mass is 819 g/mol. The number of thiazole rings is 1. The zero-order valence-electron chi connectivity index (χ0n) is 37.4. The highest BCUT2D eigenvalue weighted by molar-refractivity contribution is 7.13. The Morgan fingerprint density at radius 2 is 1.53 bits per heavy atom. The van der Waals surface area contributed by atoms with Gasteiger partial charge in [-0.2, -0.15) is 0 Å². The number of amides is 2. The van der Waals surface area contributed by atoms with Gasteiger partial charge < -0.3 is 20.5 Å². The van der Waals surface area contributed by atoms with Crippen LogP contribution in [0.25, 0.3) is 0 Å². The van der Waals surface area contributed by atoms with E-state index in [1.165, 1.54) is 11.3 Å². The first-order valence-corrected chi connectivity index (χ1v) is 22.8. The summed E-state index contributed by atoms with van der Waals surface area (Å²) < 4.78 is 6.41. The number of carbonyl (C=O) groups excluding carboxylic acids is 4. The summed E-state index contributed by atoms with van der Waals surface area (Å²) in [5.41, 5.74) is -0.295. The van der Waals surface area contributed by atoms with Gasteiger partial charge in [0.05, 0.1) is 28.1 Å². The van der Waals surface area contributed by atoms with Crippen molar-refractivity contribution in [1.29, 1.82) is 0 Å². The lowest BCUT2D eigenvalue weighted by Crippen LogP contribution is -2.68. The Labute approximate surface area is 349 Å². The van der Waals surface area contributed by atoms with E-state index in [0.29, 0.717) is 35.2 Å². The van der Waals surface area contributed by atoms with E-state index in [1.807, 2.05) is 20.8 Å². The molecule has 0 unspecified atom stereocenters. The van der Waals surface area contributed by atoms with Crippen LogP contribution < -0.4 is 10.6 Å². The Morgan fingerprint density at radius 1 is 0.862 bits per heavy atom. The lowest BCUT2D eigenvalue weighted by Gasteiger charge is -2.72. The molecular formula is C47H69N3O7S. The Kier molecular flexibility index (Phi) is 10.2. The molecule has 6 aliphatic carbocycles. The number of ether oxygens (including phenoxy) is 1. The molecular weight excluding hydrogens is 751 g/mol. The van der Waals surface area contributed by atoms with Gasteiger partial charge in [0.25, 0.3) is 5.91 Å². The van der Waals surface area contributed by atoms with E-state index in [0.717, 1.165) is 61.1 Å². The van der Waals surface area contributed by atoms with Crippen LogP contribution in [0.3, 0.4) is 0 Å². The molecule has 1 aromatic rings. The van der Waals surface area contributed by atoms with Gasteiger partial charge in [0.15, 0.2) is 5.78 Å². The summed E-state index contributed by atoms with van der Waals surface area (Å²) in [6, 6.07) is 0. The SMILES string of the molecule is Cc1nc(C)c(C(=O)NC(C)(C)C(=O)N[C@@]23CC[C@]4(C)[C@H](CC[C@@H]5[C@@]6(C)CC[C@H](OC(=O)[C@H]7C[C@@H](C(=O)O)C7(C)C)C(C)(C)[C@@H]6CC[C@]54C)C2=C(C(C)C)C(=O)C3)s1. The number of aryl methyl sites for hydroxylation is 2. The quantitative estimate of drug-likeness (QED) is 0.220. The number of nitrogens with zero attached hydrogens (tertiary/aromatic N) is 1. The fourth-order valence-corrected chi connectivity index (χ4v) is 15.2. The maximum absolute atomic E-state index is 14.4. The fraction of sp³-hybridized carbons (Fsp3) is 0.787. The molecule has 6 aliphatic rings. The summed E-state index contributed by atoms with van der Waals surface area (Å²) in [5, 5.41) is 16.9. The Hall–Kier alpha value is -3.08. The second-order valence-corrected chi connectivity index (χ2v) is 23.4. The van der Waals surface area contributed by atoms with Crippen LogP contribution in [-0.4, -0.2) is 56.8 Å². The lowest BCUT2D eigenvalue weighted by atomic mass is 9.33. The van der Waals surface area contributed by atoms with Gasteiger partial charge in [0.2, 0.25) is 5.91 Å². The second-order valence-electron chi connectivity index (χ2n) is 22.2. The lowest BCUT2D eigenvalue weighted by molar-refractivity contribution is -0.235. The van der Waals surface area contributed by atoms with Gasteiger partial charge in [-0.15, -0.1) is 11.3 Å². The van der Waals surface area contributed by atoms with Crippen molar-refractivity contribution in [3.05, 3.63) is 26.7 Å². The molecule has 58 heavy (non-hydrogen) atoms. The number of nitrogens with one attached hydrogen (secondary N) is 2. The summed E-state index contributed by atoms with van der Waals surface area (Å²) in [5.74, 6) is -1.54. The molecule has 0 radical (unpaired) electrons. The summed E-state index contributed by atoms with van der Waals surface area (Å²) in [7, 11) is 0. The normalized spacial score (nSPS) is 38.8. The zero-order chi connectivity index (χ0) is 42.9. The molecule has 2 amide bonds. The van der Waals surface area contributed by atoms with Crippen molar-refractivity contribution in [1.82, 2.24) is 15.6 Å². The van der Waals surface area contributed by atoms with Crippen LogP contribution in [0, 0.1) is 76.4 Å². The molecule has 1 aromatic heterocycles.